The summed E-state index contributed by atoms with van der Waals surface area (Å²) >= 11 is 3.34. The molecule has 0 atom stereocenters. The van der Waals surface area contributed by atoms with Gasteiger partial charge in [0.05, 0.1) is 7.11 Å². The zero-order chi connectivity index (χ0) is 18.5. The Labute approximate surface area is 161 Å². The van der Waals surface area contributed by atoms with Crippen LogP contribution in [0.15, 0.2) is 51.9 Å². The van der Waals surface area contributed by atoms with Crippen molar-refractivity contribution in [1.29, 1.82) is 0 Å². The molecule has 26 heavy (non-hydrogen) atoms. The molecule has 3 rings (SSSR count). The topological polar surface area (TPSA) is 51.5 Å². The first-order valence-electron chi connectivity index (χ1n) is 8.82. The Morgan fingerprint density at radius 1 is 1.15 bits per heavy atom. The fourth-order valence-corrected chi connectivity index (χ4v) is 3.73. The normalized spacial score (nSPS) is 15.1. The van der Waals surface area contributed by atoms with Crippen molar-refractivity contribution in [3.63, 3.8) is 0 Å². The number of pyridine rings is 1. The largest absolute Gasteiger partial charge is 0.497 e. The second-order valence-corrected chi connectivity index (χ2v) is 7.61. The molecule has 138 valence electrons. The van der Waals surface area contributed by atoms with Gasteiger partial charge in [-0.25, -0.2) is 0 Å². The molecule has 0 bridgehead atoms. The van der Waals surface area contributed by atoms with Crippen molar-refractivity contribution < 1.29 is 9.53 Å². The number of hydrogen-bond donors (Lipinski definition) is 0. The first-order chi connectivity index (χ1) is 12.5. The average Bonchev–Trinajstić information content (AvgIpc) is 2.66. The molecular weight excluding hydrogens is 396 g/mol. The van der Waals surface area contributed by atoms with Crippen LogP contribution in [0, 0.1) is 5.92 Å². The van der Waals surface area contributed by atoms with E-state index in [4.69, 9.17) is 4.74 Å². The van der Waals surface area contributed by atoms with E-state index >= 15 is 0 Å². The Hall–Kier alpha value is -2.08. The van der Waals surface area contributed by atoms with E-state index in [9.17, 15) is 9.59 Å². The highest BCUT2D eigenvalue weighted by Gasteiger charge is 2.23. The SMILES string of the molecule is COc1ccc(CC2CCN(C(=O)Cn3cc(Br)ccc3=O)CC2)cc1. The molecule has 5 nitrogen and oxygen atoms in total. The van der Waals surface area contributed by atoms with Gasteiger partial charge in [-0.3, -0.25) is 9.59 Å². The van der Waals surface area contributed by atoms with E-state index in [1.54, 1.807) is 19.4 Å². The van der Waals surface area contributed by atoms with E-state index in [0.29, 0.717) is 5.92 Å². The lowest BCUT2D eigenvalue weighted by Gasteiger charge is -2.32. The minimum atomic E-state index is -0.157. The van der Waals surface area contributed by atoms with Gasteiger partial charge < -0.3 is 14.2 Å². The number of nitrogens with zero attached hydrogens (tertiary/aromatic N) is 2. The van der Waals surface area contributed by atoms with Crippen LogP contribution in [-0.4, -0.2) is 35.6 Å². The number of carbonyl (C=O) groups excluding carboxylic acids is 1. The van der Waals surface area contributed by atoms with E-state index in [-0.39, 0.29) is 18.0 Å². The van der Waals surface area contributed by atoms with Crippen LogP contribution >= 0.6 is 15.9 Å². The van der Waals surface area contributed by atoms with Crippen LogP contribution in [-0.2, 0) is 17.8 Å². The Bertz CT molecular complexity index is 809. The van der Waals surface area contributed by atoms with Gasteiger partial charge in [0.1, 0.15) is 12.3 Å². The predicted molar refractivity (Wildman–Crippen MR) is 104 cm³/mol. The number of rotatable bonds is 5. The molecule has 0 saturated carbocycles. The predicted octanol–water partition coefficient (Wildman–Crippen LogP) is 3.10. The van der Waals surface area contributed by atoms with Crippen LogP contribution in [0.2, 0.25) is 0 Å². The van der Waals surface area contributed by atoms with Crippen LogP contribution in [0.25, 0.3) is 0 Å². The highest BCUT2D eigenvalue weighted by Crippen LogP contribution is 2.23. The van der Waals surface area contributed by atoms with Gasteiger partial charge in [0.2, 0.25) is 5.91 Å². The van der Waals surface area contributed by atoms with Gasteiger partial charge in [-0.2, -0.15) is 0 Å². The second kappa shape index (κ2) is 8.54. The Morgan fingerprint density at radius 3 is 2.50 bits per heavy atom. The maximum absolute atomic E-state index is 12.5. The molecule has 1 aliphatic heterocycles. The molecule has 1 aliphatic rings. The third-order valence-corrected chi connectivity index (χ3v) is 5.37. The number of hydrogen-bond acceptors (Lipinski definition) is 3. The van der Waals surface area contributed by atoms with Gasteiger partial charge in [-0.05, 0) is 64.9 Å². The molecule has 1 fully saturated rings. The highest BCUT2D eigenvalue weighted by molar-refractivity contribution is 9.10. The summed E-state index contributed by atoms with van der Waals surface area (Å²) in [7, 11) is 1.67. The van der Waals surface area contributed by atoms with E-state index < -0.39 is 0 Å². The van der Waals surface area contributed by atoms with Crippen molar-refractivity contribution in [3.8, 4) is 5.75 Å². The molecule has 0 N–H and O–H groups in total. The minimum Gasteiger partial charge on any atom is -0.497 e. The number of amides is 1. The monoisotopic (exact) mass is 418 g/mol. The lowest BCUT2D eigenvalue weighted by molar-refractivity contribution is -0.133. The first kappa shape index (κ1) is 18.7. The van der Waals surface area contributed by atoms with Crippen LogP contribution in [0.3, 0.4) is 0 Å². The molecule has 2 aromatic rings. The van der Waals surface area contributed by atoms with Crippen molar-refractivity contribution in [2.75, 3.05) is 20.2 Å². The molecule has 0 unspecified atom stereocenters. The van der Waals surface area contributed by atoms with Gasteiger partial charge in [0.25, 0.3) is 5.56 Å². The molecule has 6 heteroatoms. The van der Waals surface area contributed by atoms with Crippen LogP contribution in [0.4, 0.5) is 0 Å². The number of likely N-dealkylation sites (tertiary alicyclic amines) is 1. The van der Waals surface area contributed by atoms with Crippen molar-refractivity contribution >= 4 is 21.8 Å². The standard InChI is InChI=1S/C20H23BrN2O3/c1-26-18-5-2-15(3-6-18)12-16-8-10-22(11-9-16)20(25)14-23-13-17(21)4-7-19(23)24/h2-7,13,16H,8-12,14H2,1H3. The summed E-state index contributed by atoms with van der Waals surface area (Å²) in [6, 6.07) is 11.4. The van der Waals surface area contributed by atoms with Crippen LogP contribution < -0.4 is 10.3 Å². The van der Waals surface area contributed by atoms with E-state index in [1.165, 1.54) is 16.2 Å². The maximum Gasteiger partial charge on any atom is 0.251 e. The van der Waals surface area contributed by atoms with Crippen LogP contribution in [0.1, 0.15) is 18.4 Å². The second-order valence-electron chi connectivity index (χ2n) is 6.69. The third kappa shape index (κ3) is 4.75. The summed E-state index contributed by atoms with van der Waals surface area (Å²) in [6.45, 7) is 1.60. The molecule has 1 saturated heterocycles. The molecule has 1 aromatic carbocycles. The Balaban J connectivity index is 1.51. The number of aromatic nitrogens is 1. The summed E-state index contributed by atoms with van der Waals surface area (Å²) in [5.41, 5.74) is 1.15. The van der Waals surface area contributed by atoms with Crippen molar-refractivity contribution in [1.82, 2.24) is 9.47 Å². The Kier molecular flexibility index (Phi) is 6.14. The lowest BCUT2D eigenvalue weighted by atomic mass is 9.90. The molecule has 0 aliphatic carbocycles. The van der Waals surface area contributed by atoms with Gasteiger partial charge in [-0.1, -0.05) is 12.1 Å². The zero-order valence-electron chi connectivity index (χ0n) is 14.9. The summed E-state index contributed by atoms with van der Waals surface area (Å²) in [4.78, 5) is 26.2. The van der Waals surface area contributed by atoms with Gasteiger partial charge in [0.15, 0.2) is 0 Å². The number of ether oxygens (including phenoxy) is 1. The maximum atomic E-state index is 12.5. The molecule has 1 aromatic heterocycles. The number of piperidine rings is 1. The molecule has 0 radical (unpaired) electrons. The molecule has 1 amide bonds. The molecule has 2 heterocycles. The average molecular weight is 419 g/mol. The van der Waals surface area contributed by atoms with Gasteiger partial charge in [-0.15, -0.1) is 0 Å². The van der Waals surface area contributed by atoms with Gasteiger partial charge in [0, 0.05) is 29.8 Å². The summed E-state index contributed by atoms with van der Waals surface area (Å²) in [5.74, 6) is 1.46. The molecule has 0 spiro atoms. The third-order valence-electron chi connectivity index (χ3n) is 4.90. The van der Waals surface area contributed by atoms with Gasteiger partial charge >= 0.3 is 0 Å². The van der Waals surface area contributed by atoms with Crippen molar-refractivity contribution in [2.45, 2.75) is 25.8 Å². The smallest absolute Gasteiger partial charge is 0.251 e. The van der Waals surface area contributed by atoms with E-state index in [0.717, 1.165) is 42.6 Å². The number of carbonyl (C=O) groups is 1. The zero-order valence-corrected chi connectivity index (χ0v) is 16.4. The Morgan fingerprint density at radius 2 is 1.85 bits per heavy atom. The summed E-state index contributed by atoms with van der Waals surface area (Å²) in [6.07, 6.45) is 4.67. The summed E-state index contributed by atoms with van der Waals surface area (Å²) < 4.78 is 7.44. The number of benzene rings is 1. The fourth-order valence-electron chi connectivity index (χ4n) is 3.35. The van der Waals surface area contributed by atoms with Crippen molar-refractivity contribution in [3.05, 3.63) is 63.0 Å². The van der Waals surface area contributed by atoms with E-state index in [1.807, 2.05) is 17.0 Å². The number of methoxy groups -OCH3 is 1. The van der Waals surface area contributed by atoms with Crippen LogP contribution in [0.5, 0.6) is 5.75 Å². The fraction of sp³-hybridized carbons (Fsp3) is 0.400. The number of halogens is 1. The summed E-state index contributed by atoms with van der Waals surface area (Å²) in [5, 5.41) is 0. The minimum absolute atomic E-state index is 0.00750. The quantitative estimate of drug-likeness (QED) is 0.749. The van der Waals surface area contributed by atoms with E-state index in [2.05, 4.69) is 28.1 Å². The first-order valence-corrected chi connectivity index (χ1v) is 9.61. The van der Waals surface area contributed by atoms with Crippen molar-refractivity contribution in [2.24, 2.45) is 5.92 Å². The highest BCUT2D eigenvalue weighted by atomic mass is 79.9. The molecular formula is C20H23BrN2O3. The lowest BCUT2D eigenvalue weighted by Crippen LogP contribution is -2.41.